The van der Waals surface area contributed by atoms with Gasteiger partial charge in [-0.15, -0.1) is 0 Å². The molecule has 1 aliphatic rings. The first kappa shape index (κ1) is 13.6. The highest BCUT2D eigenvalue weighted by molar-refractivity contribution is 5.27. The van der Waals surface area contributed by atoms with Crippen LogP contribution in [0.15, 0.2) is 6.07 Å². The van der Waals surface area contributed by atoms with Crippen LogP contribution in [-0.2, 0) is 17.7 Å². The van der Waals surface area contributed by atoms with Gasteiger partial charge in [0.2, 0.25) is 0 Å². The van der Waals surface area contributed by atoms with Crippen LogP contribution in [0.25, 0.3) is 0 Å². The molecule has 0 radical (unpaired) electrons. The average molecular weight is 250 g/mol. The Labute approximate surface area is 110 Å². The van der Waals surface area contributed by atoms with Crippen molar-refractivity contribution < 1.29 is 4.74 Å². The lowest BCUT2D eigenvalue weighted by atomic mass is 10.1. The van der Waals surface area contributed by atoms with E-state index >= 15 is 0 Å². The highest BCUT2D eigenvalue weighted by atomic mass is 16.5. The Morgan fingerprint density at radius 2 is 2.28 bits per heavy atom. The zero-order valence-corrected chi connectivity index (χ0v) is 11.9. The number of nitrogens with zero attached hydrogens (tertiary/aromatic N) is 1. The summed E-state index contributed by atoms with van der Waals surface area (Å²) in [6, 6.07) is 2.57. The van der Waals surface area contributed by atoms with E-state index < -0.39 is 0 Å². The van der Waals surface area contributed by atoms with E-state index in [2.05, 4.69) is 31.4 Å². The van der Waals surface area contributed by atoms with E-state index in [4.69, 9.17) is 10.5 Å². The molecule has 3 heteroatoms. The van der Waals surface area contributed by atoms with Gasteiger partial charge in [0.1, 0.15) is 0 Å². The fourth-order valence-electron chi connectivity index (χ4n) is 2.78. The van der Waals surface area contributed by atoms with Gasteiger partial charge < -0.3 is 15.0 Å². The molecule has 1 fully saturated rings. The summed E-state index contributed by atoms with van der Waals surface area (Å²) >= 11 is 0. The maximum Gasteiger partial charge on any atom is 0.0754 e. The van der Waals surface area contributed by atoms with Crippen LogP contribution in [0, 0.1) is 13.8 Å². The third kappa shape index (κ3) is 2.96. The Hall–Kier alpha value is -0.800. The number of aromatic nitrogens is 1. The molecule has 0 aromatic carbocycles. The predicted octanol–water partition coefficient (Wildman–Crippen LogP) is 2.56. The van der Waals surface area contributed by atoms with E-state index in [9.17, 15) is 0 Å². The molecule has 2 N–H and O–H groups in total. The molecule has 1 aromatic heterocycles. The van der Waals surface area contributed by atoms with E-state index in [1.54, 1.807) is 0 Å². The van der Waals surface area contributed by atoms with Crippen LogP contribution < -0.4 is 5.73 Å². The lowest BCUT2D eigenvalue weighted by Gasteiger charge is -2.15. The molecule has 1 saturated heterocycles. The molecule has 1 aliphatic heterocycles. The van der Waals surface area contributed by atoms with E-state index in [1.807, 2.05) is 0 Å². The number of hydrogen-bond acceptors (Lipinski definition) is 2. The monoisotopic (exact) mass is 250 g/mol. The van der Waals surface area contributed by atoms with Gasteiger partial charge in [0.15, 0.2) is 0 Å². The number of hydrogen-bond donors (Lipinski definition) is 1. The minimum atomic E-state index is 0.279. The number of aryl methyl sites for hydroxylation is 1. The van der Waals surface area contributed by atoms with Gasteiger partial charge >= 0.3 is 0 Å². The predicted molar refractivity (Wildman–Crippen MR) is 74.9 cm³/mol. The van der Waals surface area contributed by atoms with E-state index in [0.717, 1.165) is 26.0 Å². The van der Waals surface area contributed by atoms with Crippen LogP contribution in [0.1, 0.15) is 43.1 Å². The molecule has 0 amide bonds. The molecule has 2 atom stereocenters. The summed E-state index contributed by atoms with van der Waals surface area (Å²) in [5.74, 6) is 0. The Balaban J connectivity index is 2.10. The maximum absolute atomic E-state index is 6.06. The van der Waals surface area contributed by atoms with Gasteiger partial charge in [-0.25, -0.2) is 0 Å². The molecule has 0 spiro atoms. The lowest BCUT2D eigenvalue weighted by Crippen LogP contribution is -2.22. The zero-order valence-electron chi connectivity index (χ0n) is 11.9. The number of rotatable bonds is 5. The van der Waals surface area contributed by atoms with Crippen molar-refractivity contribution in [2.24, 2.45) is 5.73 Å². The summed E-state index contributed by atoms with van der Waals surface area (Å²) in [7, 11) is 0. The van der Waals surface area contributed by atoms with Crippen molar-refractivity contribution in [2.45, 2.75) is 65.1 Å². The summed E-state index contributed by atoms with van der Waals surface area (Å²) in [5.41, 5.74) is 10.2. The third-order valence-corrected chi connectivity index (χ3v) is 4.10. The fraction of sp³-hybridized carbons (Fsp3) is 0.733. The summed E-state index contributed by atoms with van der Waals surface area (Å²) in [6.07, 6.45) is 4.83. The molecule has 2 unspecified atom stereocenters. The molecule has 18 heavy (non-hydrogen) atoms. The summed E-state index contributed by atoms with van der Waals surface area (Å²) in [6.45, 7) is 8.47. The topological polar surface area (TPSA) is 40.2 Å². The summed E-state index contributed by atoms with van der Waals surface area (Å²) in [4.78, 5) is 0. The lowest BCUT2D eigenvalue weighted by molar-refractivity contribution is 0.0961. The molecule has 2 rings (SSSR count). The highest BCUT2D eigenvalue weighted by Crippen LogP contribution is 2.21. The van der Waals surface area contributed by atoms with Gasteiger partial charge in [0.05, 0.1) is 6.10 Å². The molecule has 102 valence electrons. The van der Waals surface area contributed by atoms with Gasteiger partial charge in [-0.3, -0.25) is 0 Å². The highest BCUT2D eigenvalue weighted by Gasteiger charge is 2.19. The van der Waals surface area contributed by atoms with Crippen LogP contribution in [-0.4, -0.2) is 23.3 Å². The minimum Gasteiger partial charge on any atom is -0.376 e. The maximum atomic E-state index is 6.06. The van der Waals surface area contributed by atoms with Crippen molar-refractivity contribution in [2.75, 3.05) is 6.61 Å². The van der Waals surface area contributed by atoms with Crippen molar-refractivity contribution in [3.8, 4) is 0 Å². The normalized spacial score (nSPS) is 21.4. The standard InChI is InChI=1S/C15H26N2O/c1-4-14(16)9-13-8-11(2)17(12(13)3)10-15-6-5-7-18-15/h8,14-15H,4-7,9-10,16H2,1-3H3. The Morgan fingerprint density at radius 3 is 2.89 bits per heavy atom. The van der Waals surface area contributed by atoms with Crippen LogP contribution in [0.4, 0.5) is 0 Å². The van der Waals surface area contributed by atoms with Crippen LogP contribution in [0.2, 0.25) is 0 Å². The SMILES string of the molecule is CCC(N)Cc1cc(C)n(CC2CCCO2)c1C. The van der Waals surface area contributed by atoms with E-state index in [0.29, 0.717) is 6.10 Å². The van der Waals surface area contributed by atoms with Crippen molar-refractivity contribution in [1.82, 2.24) is 4.57 Å². The largest absolute Gasteiger partial charge is 0.376 e. The van der Waals surface area contributed by atoms with E-state index in [1.165, 1.54) is 29.8 Å². The zero-order chi connectivity index (χ0) is 13.1. The Kier molecular flexibility index (Phi) is 4.46. The molecule has 0 aliphatic carbocycles. The molecule has 2 heterocycles. The fourth-order valence-corrected chi connectivity index (χ4v) is 2.78. The van der Waals surface area contributed by atoms with Crippen LogP contribution >= 0.6 is 0 Å². The average Bonchev–Trinajstić information content (AvgIpc) is 2.94. The first-order valence-electron chi connectivity index (χ1n) is 7.14. The summed E-state index contributed by atoms with van der Waals surface area (Å²) in [5, 5.41) is 0. The van der Waals surface area contributed by atoms with Gasteiger partial charge in [0, 0.05) is 30.6 Å². The van der Waals surface area contributed by atoms with Gasteiger partial charge in [0.25, 0.3) is 0 Å². The molecule has 1 aromatic rings. The van der Waals surface area contributed by atoms with Crippen molar-refractivity contribution in [3.63, 3.8) is 0 Å². The molecular weight excluding hydrogens is 224 g/mol. The second kappa shape index (κ2) is 5.89. The Bertz CT molecular complexity index is 391. The summed E-state index contributed by atoms with van der Waals surface area (Å²) < 4.78 is 8.13. The van der Waals surface area contributed by atoms with Gasteiger partial charge in [-0.1, -0.05) is 6.92 Å². The third-order valence-electron chi connectivity index (χ3n) is 4.10. The van der Waals surface area contributed by atoms with Crippen molar-refractivity contribution in [3.05, 3.63) is 23.0 Å². The smallest absolute Gasteiger partial charge is 0.0754 e. The quantitative estimate of drug-likeness (QED) is 0.872. The van der Waals surface area contributed by atoms with Gasteiger partial charge in [-0.2, -0.15) is 0 Å². The molecular formula is C15H26N2O. The second-order valence-corrected chi connectivity index (χ2v) is 5.51. The van der Waals surface area contributed by atoms with Crippen molar-refractivity contribution in [1.29, 1.82) is 0 Å². The van der Waals surface area contributed by atoms with Crippen molar-refractivity contribution >= 4 is 0 Å². The van der Waals surface area contributed by atoms with Crippen LogP contribution in [0.3, 0.4) is 0 Å². The van der Waals surface area contributed by atoms with E-state index in [-0.39, 0.29) is 6.04 Å². The van der Waals surface area contributed by atoms with Crippen LogP contribution in [0.5, 0.6) is 0 Å². The number of ether oxygens (including phenoxy) is 1. The molecule has 3 nitrogen and oxygen atoms in total. The number of nitrogens with two attached hydrogens (primary N) is 1. The first-order chi connectivity index (χ1) is 8.61. The van der Waals surface area contributed by atoms with Gasteiger partial charge in [-0.05, 0) is 51.2 Å². The Morgan fingerprint density at radius 1 is 1.50 bits per heavy atom. The molecule has 0 bridgehead atoms. The molecule has 0 saturated carbocycles. The minimum absolute atomic E-state index is 0.279. The first-order valence-corrected chi connectivity index (χ1v) is 7.14. The second-order valence-electron chi connectivity index (χ2n) is 5.51.